The number of rotatable bonds is 7. The third-order valence-electron chi connectivity index (χ3n) is 3.26. The van der Waals surface area contributed by atoms with E-state index >= 15 is 0 Å². The van der Waals surface area contributed by atoms with Crippen LogP contribution >= 0.6 is 0 Å². The SMILES string of the molecule is CN(C)Cc1ccc(CNC(=O)COc2ccc(F)cc2F)cc1. The molecule has 4 nitrogen and oxygen atoms in total. The maximum atomic E-state index is 13.4. The predicted molar refractivity (Wildman–Crippen MR) is 87.5 cm³/mol. The summed E-state index contributed by atoms with van der Waals surface area (Å²) in [6.07, 6.45) is 0. The van der Waals surface area contributed by atoms with Crippen LogP contribution in [0.1, 0.15) is 11.1 Å². The van der Waals surface area contributed by atoms with Gasteiger partial charge in [-0.1, -0.05) is 24.3 Å². The van der Waals surface area contributed by atoms with Crippen LogP contribution in [-0.2, 0) is 17.9 Å². The molecule has 2 aromatic rings. The number of hydrogen-bond acceptors (Lipinski definition) is 3. The quantitative estimate of drug-likeness (QED) is 0.846. The van der Waals surface area contributed by atoms with E-state index in [1.54, 1.807) is 0 Å². The summed E-state index contributed by atoms with van der Waals surface area (Å²) in [4.78, 5) is 13.8. The molecule has 0 saturated heterocycles. The molecule has 6 heteroatoms. The summed E-state index contributed by atoms with van der Waals surface area (Å²) >= 11 is 0. The van der Waals surface area contributed by atoms with Gasteiger partial charge in [0.15, 0.2) is 18.2 Å². The third-order valence-corrected chi connectivity index (χ3v) is 3.26. The number of nitrogens with zero attached hydrogens (tertiary/aromatic N) is 1. The highest BCUT2D eigenvalue weighted by molar-refractivity contribution is 5.77. The summed E-state index contributed by atoms with van der Waals surface area (Å²) in [7, 11) is 4.00. The fourth-order valence-corrected chi connectivity index (χ4v) is 2.11. The smallest absolute Gasteiger partial charge is 0.258 e. The van der Waals surface area contributed by atoms with E-state index in [9.17, 15) is 13.6 Å². The molecule has 24 heavy (non-hydrogen) atoms. The van der Waals surface area contributed by atoms with Gasteiger partial charge in [-0.05, 0) is 37.4 Å². The van der Waals surface area contributed by atoms with Crippen molar-refractivity contribution in [3.63, 3.8) is 0 Å². The zero-order valence-electron chi connectivity index (χ0n) is 13.7. The van der Waals surface area contributed by atoms with Crippen LogP contribution in [0.25, 0.3) is 0 Å². The monoisotopic (exact) mass is 334 g/mol. The van der Waals surface area contributed by atoms with E-state index in [1.807, 2.05) is 38.4 Å². The molecule has 0 bridgehead atoms. The lowest BCUT2D eigenvalue weighted by Gasteiger charge is -2.11. The molecule has 0 fully saturated rings. The lowest BCUT2D eigenvalue weighted by Crippen LogP contribution is -2.28. The van der Waals surface area contributed by atoms with Gasteiger partial charge < -0.3 is 15.0 Å². The van der Waals surface area contributed by atoms with Gasteiger partial charge in [-0.15, -0.1) is 0 Å². The molecule has 0 spiro atoms. The molecule has 0 aliphatic heterocycles. The van der Waals surface area contributed by atoms with Gasteiger partial charge in [-0.25, -0.2) is 8.78 Å². The predicted octanol–water partition coefficient (Wildman–Crippen LogP) is 2.72. The van der Waals surface area contributed by atoms with E-state index in [2.05, 4.69) is 10.2 Å². The van der Waals surface area contributed by atoms with Gasteiger partial charge in [0.2, 0.25) is 0 Å². The lowest BCUT2D eigenvalue weighted by molar-refractivity contribution is -0.123. The second kappa shape index (κ2) is 8.40. The molecule has 0 aromatic heterocycles. The molecule has 128 valence electrons. The number of hydrogen-bond donors (Lipinski definition) is 1. The Kier molecular flexibility index (Phi) is 6.26. The van der Waals surface area contributed by atoms with Crippen molar-refractivity contribution in [2.75, 3.05) is 20.7 Å². The zero-order valence-corrected chi connectivity index (χ0v) is 13.7. The van der Waals surface area contributed by atoms with Crippen molar-refractivity contribution in [3.05, 3.63) is 65.2 Å². The third kappa shape index (κ3) is 5.62. The van der Waals surface area contributed by atoms with E-state index < -0.39 is 11.6 Å². The molecule has 0 heterocycles. The first kappa shape index (κ1) is 17.9. The number of halogens is 2. The van der Waals surface area contributed by atoms with Crippen LogP contribution in [0.4, 0.5) is 8.78 Å². The minimum atomic E-state index is -0.834. The number of benzene rings is 2. The Labute approximate surface area is 140 Å². The normalized spacial score (nSPS) is 10.7. The highest BCUT2D eigenvalue weighted by Crippen LogP contribution is 2.17. The first-order chi connectivity index (χ1) is 11.4. The van der Waals surface area contributed by atoms with Crippen molar-refractivity contribution in [1.29, 1.82) is 0 Å². The molecule has 0 radical (unpaired) electrons. The number of nitrogens with one attached hydrogen (secondary N) is 1. The van der Waals surface area contributed by atoms with Crippen LogP contribution in [0.3, 0.4) is 0 Å². The molecule has 2 aromatic carbocycles. The van der Waals surface area contributed by atoms with Gasteiger partial charge in [0, 0.05) is 19.2 Å². The molecule has 0 unspecified atom stereocenters. The van der Waals surface area contributed by atoms with Crippen LogP contribution in [0.2, 0.25) is 0 Å². The van der Waals surface area contributed by atoms with E-state index in [4.69, 9.17) is 4.74 Å². The summed E-state index contributed by atoms with van der Waals surface area (Å²) < 4.78 is 31.2. The number of carbonyl (C=O) groups is 1. The van der Waals surface area contributed by atoms with Crippen molar-refractivity contribution >= 4 is 5.91 Å². The van der Waals surface area contributed by atoms with Gasteiger partial charge in [0.25, 0.3) is 5.91 Å². The van der Waals surface area contributed by atoms with Crippen LogP contribution in [0.5, 0.6) is 5.75 Å². The van der Waals surface area contributed by atoms with E-state index in [-0.39, 0.29) is 18.3 Å². The van der Waals surface area contributed by atoms with Crippen LogP contribution in [0.15, 0.2) is 42.5 Å². The molecule has 0 saturated carbocycles. The second-order valence-electron chi connectivity index (χ2n) is 5.69. The van der Waals surface area contributed by atoms with Gasteiger partial charge in [-0.2, -0.15) is 0 Å². The van der Waals surface area contributed by atoms with Crippen LogP contribution in [-0.4, -0.2) is 31.5 Å². The van der Waals surface area contributed by atoms with Gasteiger partial charge in [0.1, 0.15) is 5.82 Å². The highest BCUT2D eigenvalue weighted by Gasteiger charge is 2.08. The minimum absolute atomic E-state index is 0.153. The van der Waals surface area contributed by atoms with Crippen LogP contribution in [0, 0.1) is 11.6 Å². The largest absolute Gasteiger partial charge is 0.481 e. The average molecular weight is 334 g/mol. The Balaban J connectivity index is 1.78. The lowest BCUT2D eigenvalue weighted by atomic mass is 10.1. The Bertz CT molecular complexity index is 688. The Morgan fingerprint density at radius 2 is 1.75 bits per heavy atom. The van der Waals surface area contributed by atoms with Gasteiger partial charge >= 0.3 is 0 Å². The first-order valence-electron chi connectivity index (χ1n) is 7.51. The first-order valence-corrected chi connectivity index (χ1v) is 7.51. The summed E-state index contributed by atoms with van der Waals surface area (Å²) in [6.45, 7) is 0.876. The maximum Gasteiger partial charge on any atom is 0.258 e. The summed E-state index contributed by atoms with van der Waals surface area (Å²) in [5.74, 6) is -2.06. The fourth-order valence-electron chi connectivity index (χ4n) is 2.11. The van der Waals surface area contributed by atoms with Crippen molar-refractivity contribution in [2.45, 2.75) is 13.1 Å². The summed E-state index contributed by atoms with van der Waals surface area (Å²) in [5.41, 5.74) is 2.14. The van der Waals surface area contributed by atoms with Gasteiger partial charge in [-0.3, -0.25) is 4.79 Å². The Morgan fingerprint density at radius 3 is 2.38 bits per heavy atom. The summed E-state index contributed by atoms with van der Waals surface area (Å²) in [6, 6.07) is 10.8. The number of ether oxygens (including phenoxy) is 1. The molecule has 0 atom stereocenters. The Hall–Kier alpha value is -2.47. The second-order valence-corrected chi connectivity index (χ2v) is 5.69. The molecule has 0 aliphatic rings. The number of carbonyl (C=O) groups excluding carboxylic acids is 1. The summed E-state index contributed by atoms with van der Waals surface area (Å²) in [5, 5.41) is 2.69. The van der Waals surface area contributed by atoms with Crippen molar-refractivity contribution in [3.8, 4) is 5.75 Å². The van der Waals surface area contributed by atoms with Crippen molar-refractivity contribution in [1.82, 2.24) is 10.2 Å². The topological polar surface area (TPSA) is 41.6 Å². The molecular formula is C18H20F2N2O2. The van der Waals surface area contributed by atoms with Gasteiger partial charge in [0.05, 0.1) is 0 Å². The molecule has 0 aliphatic carbocycles. The molecular weight excluding hydrogens is 314 g/mol. The molecule has 1 N–H and O–H groups in total. The van der Waals surface area contributed by atoms with E-state index in [0.29, 0.717) is 12.6 Å². The van der Waals surface area contributed by atoms with Crippen molar-refractivity contribution < 1.29 is 18.3 Å². The van der Waals surface area contributed by atoms with E-state index in [0.717, 1.165) is 24.2 Å². The molecule has 1 amide bonds. The highest BCUT2D eigenvalue weighted by atomic mass is 19.1. The zero-order chi connectivity index (χ0) is 17.5. The fraction of sp³-hybridized carbons (Fsp3) is 0.278. The number of amides is 1. The minimum Gasteiger partial charge on any atom is -0.481 e. The average Bonchev–Trinajstić information content (AvgIpc) is 2.53. The standard InChI is InChI=1S/C18H20F2N2O2/c1-22(2)11-14-5-3-13(4-6-14)10-21-18(23)12-24-17-8-7-15(19)9-16(17)20/h3-9H,10-12H2,1-2H3,(H,21,23). The maximum absolute atomic E-state index is 13.4. The van der Waals surface area contributed by atoms with Crippen molar-refractivity contribution in [2.24, 2.45) is 0 Å². The Morgan fingerprint density at radius 1 is 1.08 bits per heavy atom. The molecule has 2 rings (SSSR count). The van der Waals surface area contributed by atoms with Crippen LogP contribution < -0.4 is 10.1 Å². The van der Waals surface area contributed by atoms with E-state index in [1.165, 1.54) is 5.56 Å².